The Bertz CT molecular complexity index is 728. The number of nitrogens with one attached hydrogen (secondary N) is 3. The average molecular weight is 485 g/mol. The van der Waals surface area contributed by atoms with E-state index in [1.54, 1.807) is 25.2 Å². The second-order valence-electron chi connectivity index (χ2n) is 5.29. The smallest absolute Gasteiger partial charge is 0.292 e. The zero-order valence-electron chi connectivity index (χ0n) is 15.1. The van der Waals surface area contributed by atoms with Gasteiger partial charge in [0.25, 0.3) is 5.69 Å². The Labute approximate surface area is 175 Å². The van der Waals surface area contributed by atoms with E-state index in [9.17, 15) is 10.1 Å². The third-order valence-electron chi connectivity index (χ3n) is 3.46. The first kappa shape index (κ1) is 22.5. The highest BCUT2D eigenvalue weighted by Gasteiger charge is 2.11. The molecule has 0 unspecified atom stereocenters. The molecule has 0 aliphatic rings. The van der Waals surface area contributed by atoms with Crippen molar-refractivity contribution in [2.45, 2.75) is 0 Å². The number of nitro groups is 1. The normalized spacial score (nSPS) is 10.5. The Morgan fingerprint density at radius 2 is 1.70 bits per heavy atom. The fraction of sp³-hybridized carbons (Fsp3) is 0.278. The molecule has 0 amide bonds. The minimum atomic E-state index is -0.400. The minimum Gasteiger partial charge on any atom is -0.492 e. The molecular formula is C18H24IN5O3. The largest absolute Gasteiger partial charge is 0.492 e. The third kappa shape index (κ3) is 8.11. The van der Waals surface area contributed by atoms with Crippen molar-refractivity contribution in [2.75, 3.05) is 38.6 Å². The maximum atomic E-state index is 11.0. The predicted molar refractivity (Wildman–Crippen MR) is 118 cm³/mol. The molecule has 0 bridgehead atoms. The molecule has 8 nitrogen and oxygen atoms in total. The highest BCUT2D eigenvalue weighted by molar-refractivity contribution is 14.0. The van der Waals surface area contributed by atoms with E-state index in [1.165, 1.54) is 6.07 Å². The molecule has 0 saturated carbocycles. The van der Waals surface area contributed by atoms with Gasteiger partial charge in [0.05, 0.1) is 11.5 Å². The number of hydrogen-bond acceptors (Lipinski definition) is 5. The van der Waals surface area contributed by atoms with Gasteiger partial charge in [0, 0.05) is 26.2 Å². The number of halogens is 1. The van der Waals surface area contributed by atoms with Gasteiger partial charge in [-0.1, -0.05) is 30.3 Å². The van der Waals surface area contributed by atoms with Crippen molar-refractivity contribution in [3.8, 4) is 5.75 Å². The maximum Gasteiger partial charge on any atom is 0.292 e. The van der Waals surface area contributed by atoms with Gasteiger partial charge in [-0.15, -0.1) is 24.0 Å². The van der Waals surface area contributed by atoms with Gasteiger partial charge in [-0.2, -0.15) is 0 Å². The first-order valence-electron chi connectivity index (χ1n) is 8.30. The van der Waals surface area contributed by atoms with Crippen LogP contribution < -0.4 is 20.7 Å². The van der Waals surface area contributed by atoms with Crippen LogP contribution in [-0.2, 0) is 0 Å². The minimum absolute atomic E-state index is 0. The van der Waals surface area contributed by atoms with Gasteiger partial charge >= 0.3 is 0 Å². The summed E-state index contributed by atoms with van der Waals surface area (Å²) in [5.41, 5.74) is 0.562. The van der Waals surface area contributed by atoms with E-state index in [2.05, 4.69) is 20.9 Å². The SMILES string of the molecule is CN=C(NCCNc1ccccc1[N+](=O)[O-])NCCOc1ccccc1.I. The maximum absolute atomic E-state index is 11.0. The molecule has 9 heteroatoms. The number of anilines is 1. The second-order valence-corrected chi connectivity index (χ2v) is 5.29. The Morgan fingerprint density at radius 3 is 2.41 bits per heavy atom. The third-order valence-corrected chi connectivity index (χ3v) is 3.46. The van der Waals surface area contributed by atoms with Gasteiger partial charge in [-0.3, -0.25) is 15.1 Å². The molecule has 2 aromatic rings. The molecule has 0 spiro atoms. The molecule has 0 atom stereocenters. The van der Waals surface area contributed by atoms with Crippen molar-refractivity contribution >= 4 is 41.3 Å². The number of hydrogen-bond donors (Lipinski definition) is 3. The van der Waals surface area contributed by atoms with E-state index < -0.39 is 4.92 Å². The number of rotatable bonds is 9. The predicted octanol–water partition coefficient (Wildman–Crippen LogP) is 2.87. The Hall–Kier alpha value is -2.56. The van der Waals surface area contributed by atoms with E-state index in [0.29, 0.717) is 37.9 Å². The number of nitrogens with zero attached hydrogens (tertiary/aromatic N) is 2. The van der Waals surface area contributed by atoms with E-state index in [0.717, 1.165) is 5.75 Å². The zero-order valence-corrected chi connectivity index (χ0v) is 17.4. The number of nitro benzene ring substituents is 1. The average Bonchev–Trinajstić information content (AvgIpc) is 2.67. The van der Waals surface area contributed by atoms with Gasteiger partial charge in [-0.25, -0.2) is 0 Å². The number of benzene rings is 2. The standard InChI is InChI=1S/C18H23N5O3.HI/c1-19-18(22-13-14-26-15-7-3-2-4-8-15)21-12-11-20-16-9-5-6-10-17(16)23(24)25;/h2-10,20H,11-14H2,1H3,(H2,19,21,22);1H. The lowest BCUT2D eigenvalue weighted by molar-refractivity contribution is -0.384. The van der Waals surface area contributed by atoms with Crippen molar-refractivity contribution in [1.29, 1.82) is 0 Å². The summed E-state index contributed by atoms with van der Waals surface area (Å²) < 4.78 is 5.60. The molecule has 2 aromatic carbocycles. The molecule has 27 heavy (non-hydrogen) atoms. The van der Waals surface area contributed by atoms with E-state index in [1.807, 2.05) is 30.3 Å². The lowest BCUT2D eigenvalue weighted by Gasteiger charge is -2.13. The Balaban J connectivity index is 0.00000364. The van der Waals surface area contributed by atoms with Crippen molar-refractivity contribution in [1.82, 2.24) is 10.6 Å². The van der Waals surface area contributed by atoms with Crippen LogP contribution >= 0.6 is 24.0 Å². The molecule has 0 aromatic heterocycles. The summed E-state index contributed by atoms with van der Waals surface area (Å²) in [7, 11) is 1.68. The quantitative estimate of drug-likeness (QED) is 0.126. The lowest BCUT2D eigenvalue weighted by Crippen LogP contribution is -2.41. The van der Waals surface area contributed by atoms with Crippen LogP contribution in [0.3, 0.4) is 0 Å². The van der Waals surface area contributed by atoms with Crippen LogP contribution in [0, 0.1) is 10.1 Å². The molecule has 0 fully saturated rings. The van der Waals surface area contributed by atoms with Crippen LogP contribution in [0.25, 0.3) is 0 Å². The van der Waals surface area contributed by atoms with Gasteiger partial charge in [-0.05, 0) is 18.2 Å². The van der Waals surface area contributed by atoms with E-state index >= 15 is 0 Å². The first-order valence-corrected chi connectivity index (χ1v) is 8.30. The summed E-state index contributed by atoms with van der Waals surface area (Å²) >= 11 is 0. The molecule has 0 aliphatic heterocycles. The van der Waals surface area contributed by atoms with Crippen LogP contribution in [0.5, 0.6) is 5.75 Å². The van der Waals surface area contributed by atoms with E-state index in [4.69, 9.17) is 4.74 Å². The van der Waals surface area contributed by atoms with Crippen molar-refractivity contribution in [3.05, 3.63) is 64.7 Å². The molecular weight excluding hydrogens is 461 g/mol. The van der Waals surface area contributed by atoms with Crippen LogP contribution in [-0.4, -0.2) is 44.2 Å². The summed E-state index contributed by atoms with van der Waals surface area (Å²) in [6.07, 6.45) is 0. The van der Waals surface area contributed by atoms with Crippen LogP contribution in [0.4, 0.5) is 11.4 Å². The van der Waals surface area contributed by atoms with Crippen LogP contribution in [0.1, 0.15) is 0 Å². The summed E-state index contributed by atoms with van der Waals surface area (Å²) in [5.74, 6) is 1.47. The summed E-state index contributed by atoms with van der Waals surface area (Å²) in [5, 5.41) is 20.3. The summed E-state index contributed by atoms with van der Waals surface area (Å²) in [6.45, 7) is 2.20. The number of para-hydroxylation sites is 3. The Morgan fingerprint density at radius 1 is 1.04 bits per heavy atom. The molecule has 3 N–H and O–H groups in total. The van der Waals surface area contributed by atoms with Crippen molar-refractivity contribution in [3.63, 3.8) is 0 Å². The molecule has 2 rings (SSSR count). The van der Waals surface area contributed by atoms with E-state index in [-0.39, 0.29) is 29.7 Å². The fourth-order valence-corrected chi connectivity index (χ4v) is 2.24. The van der Waals surface area contributed by atoms with Gasteiger partial charge < -0.3 is 20.7 Å². The second kappa shape index (κ2) is 12.7. The lowest BCUT2D eigenvalue weighted by atomic mass is 10.2. The first-order chi connectivity index (χ1) is 12.7. The molecule has 146 valence electrons. The number of guanidine groups is 1. The van der Waals surface area contributed by atoms with Crippen molar-refractivity contribution in [2.24, 2.45) is 4.99 Å². The highest BCUT2D eigenvalue weighted by Crippen LogP contribution is 2.22. The molecule has 0 heterocycles. The highest BCUT2D eigenvalue weighted by atomic mass is 127. The number of aliphatic imine (C=N–C) groups is 1. The number of ether oxygens (including phenoxy) is 1. The molecule has 0 aliphatic carbocycles. The Kier molecular flexibility index (Phi) is 10.6. The van der Waals surface area contributed by atoms with Gasteiger partial charge in [0.15, 0.2) is 5.96 Å². The zero-order chi connectivity index (χ0) is 18.6. The monoisotopic (exact) mass is 485 g/mol. The summed E-state index contributed by atoms with van der Waals surface area (Å²) in [6, 6.07) is 16.2. The van der Waals surface area contributed by atoms with Gasteiger partial charge in [0.1, 0.15) is 18.0 Å². The fourth-order valence-electron chi connectivity index (χ4n) is 2.24. The van der Waals surface area contributed by atoms with Crippen LogP contribution in [0.15, 0.2) is 59.6 Å². The van der Waals surface area contributed by atoms with Crippen LogP contribution in [0.2, 0.25) is 0 Å². The molecule has 0 radical (unpaired) electrons. The summed E-state index contributed by atoms with van der Waals surface area (Å²) in [4.78, 5) is 14.7. The van der Waals surface area contributed by atoms with Crippen molar-refractivity contribution < 1.29 is 9.66 Å². The van der Waals surface area contributed by atoms with Gasteiger partial charge in [0.2, 0.25) is 0 Å². The topological polar surface area (TPSA) is 101 Å². The molecule has 0 saturated heterocycles.